The van der Waals surface area contributed by atoms with Crippen molar-refractivity contribution in [3.8, 4) is 5.75 Å². The van der Waals surface area contributed by atoms with E-state index in [1.54, 1.807) is 12.1 Å². The van der Waals surface area contributed by atoms with Crippen LogP contribution in [0.2, 0.25) is 0 Å². The molecule has 0 spiro atoms. The van der Waals surface area contributed by atoms with Gasteiger partial charge in [0.05, 0.1) is 0 Å². The van der Waals surface area contributed by atoms with Gasteiger partial charge < -0.3 is 15.3 Å². The van der Waals surface area contributed by atoms with Crippen molar-refractivity contribution in [3.05, 3.63) is 47.1 Å². The van der Waals surface area contributed by atoms with Crippen LogP contribution >= 0.6 is 0 Å². The Hall–Kier alpha value is -1.58. The second-order valence-corrected chi connectivity index (χ2v) is 6.37. The minimum atomic E-state index is -1.94. The van der Waals surface area contributed by atoms with Gasteiger partial charge in [-0.1, -0.05) is 39.8 Å². The summed E-state index contributed by atoms with van der Waals surface area (Å²) in [6.45, 7) is 8.25. The van der Waals surface area contributed by atoms with Crippen LogP contribution in [0.5, 0.6) is 5.75 Å². The number of hydrogen-bond acceptors (Lipinski definition) is 3. The zero-order valence-corrected chi connectivity index (χ0v) is 13.1. The maximum absolute atomic E-state index is 10.3. The third-order valence-corrected chi connectivity index (χ3v) is 4.01. The fourth-order valence-electron chi connectivity index (χ4n) is 2.54. The largest absolute Gasteiger partial charge is 0.507 e. The maximum Gasteiger partial charge on any atom is 0.194 e. The molecular formula is C18H24O3. The van der Waals surface area contributed by atoms with E-state index in [1.165, 1.54) is 0 Å². The molecule has 0 aromatic heterocycles. The van der Waals surface area contributed by atoms with E-state index in [9.17, 15) is 15.3 Å². The standard InChI is InChI=1S/C18H24O3/c1-11(2)13-5-6-17(19)15(9-13)16-10-14(12(3)4)7-8-18(16,20)21/h5-7,9-12,19-21H,8H2,1-4H3. The first kappa shape index (κ1) is 15.8. The molecule has 0 unspecified atom stereocenters. The molecule has 0 amide bonds. The van der Waals surface area contributed by atoms with E-state index in [2.05, 4.69) is 27.7 Å². The van der Waals surface area contributed by atoms with Crippen molar-refractivity contribution in [2.45, 2.75) is 45.8 Å². The van der Waals surface area contributed by atoms with Crippen LogP contribution in [-0.2, 0) is 0 Å². The van der Waals surface area contributed by atoms with Gasteiger partial charge in [0, 0.05) is 17.6 Å². The molecule has 3 nitrogen and oxygen atoms in total. The molecule has 0 aliphatic heterocycles. The lowest BCUT2D eigenvalue weighted by atomic mass is 9.84. The van der Waals surface area contributed by atoms with E-state index in [-0.39, 0.29) is 12.2 Å². The topological polar surface area (TPSA) is 60.7 Å². The van der Waals surface area contributed by atoms with Gasteiger partial charge >= 0.3 is 0 Å². The van der Waals surface area contributed by atoms with Gasteiger partial charge in [-0.25, -0.2) is 0 Å². The highest BCUT2D eigenvalue weighted by Crippen LogP contribution is 2.40. The minimum Gasteiger partial charge on any atom is -0.507 e. The Balaban J connectivity index is 2.57. The highest BCUT2D eigenvalue weighted by molar-refractivity contribution is 5.78. The summed E-state index contributed by atoms with van der Waals surface area (Å²) in [6, 6.07) is 5.33. The van der Waals surface area contributed by atoms with E-state index < -0.39 is 5.79 Å². The Morgan fingerprint density at radius 1 is 1.05 bits per heavy atom. The van der Waals surface area contributed by atoms with Crippen LogP contribution in [0.3, 0.4) is 0 Å². The van der Waals surface area contributed by atoms with Gasteiger partial charge in [0.25, 0.3) is 0 Å². The molecule has 114 valence electrons. The first-order valence-corrected chi connectivity index (χ1v) is 7.42. The highest BCUT2D eigenvalue weighted by atomic mass is 16.5. The van der Waals surface area contributed by atoms with Crippen molar-refractivity contribution >= 4 is 5.57 Å². The predicted octanol–water partition coefficient (Wildman–Crippen LogP) is 3.57. The lowest BCUT2D eigenvalue weighted by molar-refractivity contribution is -0.105. The summed E-state index contributed by atoms with van der Waals surface area (Å²) in [7, 11) is 0. The molecule has 0 saturated heterocycles. The summed E-state index contributed by atoms with van der Waals surface area (Å²) < 4.78 is 0. The van der Waals surface area contributed by atoms with Gasteiger partial charge in [-0.15, -0.1) is 0 Å². The number of hydrogen-bond donors (Lipinski definition) is 3. The molecule has 0 bridgehead atoms. The van der Waals surface area contributed by atoms with E-state index in [0.717, 1.165) is 11.1 Å². The van der Waals surface area contributed by atoms with Gasteiger partial charge in [0.1, 0.15) is 5.75 Å². The molecule has 0 saturated carbocycles. The monoisotopic (exact) mass is 288 g/mol. The molecule has 0 heterocycles. The predicted molar refractivity (Wildman–Crippen MR) is 84.9 cm³/mol. The Labute approximate surface area is 126 Å². The van der Waals surface area contributed by atoms with Crippen molar-refractivity contribution in [2.24, 2.45) is 5.92 Å². The number of aliphatic hydroxyl groups is 2. The minimum absolute atomic E-state index is 0.0723. The molecule has 3 N–H and O–H groups in total. The van der Waals surface area contributed by atoms with E-state index in [0.29, 0.717) is 23.0 Å². The van der Waals surface area contributed by atoms with Crippen molar-refractivity contribution < 1.29 is 15.3 Å². The van der Waals surface area contributed by atoms with Crippen LogP contribution in [0.25, 0.3) is 5.57 Å². The van der Waals surface area contributed by atoms with Crippen molar-refractivity contribution in [1.82, 2.24) is 0 Å². The molecule has 1 aromatic carbocycles. The summed E-state index contributed by atoms with van der Waals surface area (Å²) in [5.74, 6) is -1.26. The average molecular weight is 288 g/mol. The van der Waals surface area contributed by atoms with Crippen LogP contribution < -0.4 is 0 Å². The average Bonchev–Trinajstić information content (AvgIpc) is 2.38. The lowest BCUT2D eigenvalue weighted by Crippen LogP contribution is -2.31. The first-order chi connectivity index (χ1) is 9.72. The SMILES string of the molecule is CC(C)C1=CCC(O)(O)C(c2cc(C(C)C)ccc2O)=C1. The van der Waals surface area contributed by atoms with Gasteiger partial charge in [-0.05, 0) is 41.2 Å². The van der Waals surface area contributed by atoms with E-state index in [4.69, 9.17) is 0 Å². The van der Waals surface area contributed by atoms with Gasteiger partial charge in [-0.2, -0.15) is 0 Å². The molecule has 1 aliphatic rings. The van der Waals surface area contributed by atoms with Crippen molar-refractivity contribution in [1.29, 1.82) is 0 Å². The normalized spacial score (nSPS) is 17.9. The lowest BCUT2D eigenvalue weighted by Gasteiger charge is -2.30. The first-order valence-electron chi connectivity index (χ1n) is 7.42. The van der Waals surface area contributed by atoms with Crippen molar-refractivity contribution in [2.75, 3.05) is 0 Å². The van der Waals surface area contributed by atoms with E-state index >= 15 is 0 Å². The molecule has 0 atom stereocenters. The number of phenolic OH excluding ortho intramolecular Hbond substituents is 1. The number of allylic oxidation sites excluding steroid dienone is 2. The molecule has 21 heavy (non-hydrogen) atoms. The Bertz CT molecular complexity index is 592. The summed E-state index contributed by atoms with van der Waals surface area (Å²) in [5.41, 5.74) is 2.98. The summed E-state index contributed by atoms with van der Waals surface area (Å²) in [6.07, 6.45) is 3.77. The van der Waals surface area contributed by atoms with Gasteiger partial charge in [-0.3, -0.25) is 0 Å². The highest BCUT2D eigenvalue weighted by Gasteiger charge is 2.33. The maximum atomic E-state index is 10.3. The van der Waals surface area contributed by atoms with Crippen LogP contribution in [0.4, 0.5) is 0 Å². The van der Waals surface area contributed by atoms with Crippen molar-refractivity contribution in [3.63, 3.8) is 0 Å². The summed E-state index contributed by atoms with van der Waals surface area (Å²) >= 11 is 0. The quantitative estimate of drug-likeness (QED) is 0.745. The Morgan fingerprint density at radius 3 is 2.29 bits per heavy atom. The van der Waals surface area contributed by atoms with Crippen LogP contribution in [0.15, 0.2) is 35.9 Å². The Kier molecular flexibility index (Phi) is 4.26. The van der Waals surface area contributed by atoms with Crippen LogP contribution in [0.1, 0.15) is 51.2 Å². The van der Waals surface area contributed by atoms with E-state index in [1.807, 2.05) is 18.2 Å². The number of benzene rings is 1. The molecule has 3 heteroatoms. The second kappa shape index (κ2) is 5.66. The number of phenols is 1. The molecule has 0 fully saturated rings. The molecule has 1 aliphatic carbocycles. The Morgan fingerprint density at radius 2 is 1.71 bits per heavy atom. The fraction of sp³-hybridized carbons (Fsp3) is 0.444. The zero-order chi connectivity index (χ0) is 15.8. The zero-order valence-electron chi connectivity index (χ0n) is 13.1. The fourth-order valence-corrected chi connectivity index (χ4v) is 2.54. The summed E-state index contributed by atoms with van der Waals surface area (Å²) in [5, 5.41) is 30.7. The molecule has 0 radical (unpaired) electrons. The number of rotatable bonds is 3. The van der Waals surface area contributed by atoms with Crippen LogP contribution in [-0.4, -0.2) is 21.1 Å². The van der Waals surface area contributed by atoms with Gasteiger partial charge in [0.2, 0.25) is 0 Å². The smallest absolute Gasteiger partial charge is 0.194 e. The third-order valence-electron chi connectivity index (χ3n) is 4.01. The van der Waals surface area contributed by atoms with Gasteiger partial charge in [0.15, 0.2) is 5.79 Å². The molecular weight excluding hydrogens is 264 g/mol. The van der Waals surface area contributed by atoms with Crippen LogP contribution in [0, 0.1) is 5.92 Å². The molecule has 1 aromatic rings. The summed E-state index contributed by atoms with van der Waals surface area (Å²) in [4.78, 5) is 0. The second-order valence-electron chi connectivity index (χ2n) is 6.37. The number of aromatic hydroxyl groups is 1. The molecule has 2 rings (SSSR count). The third kappa shape index (κ3) is 3.20.